The van der Waals surface area contributed by atoms with Gasteiger partial charge in [-0.2, -0.15) is 0 Å². The van der Waals surface area contributed by atoms with E-state index >= 15 is 0 Å². The Bertz CT molecular complexity index is 1170. The van der Waals surface area contributed by atoms with Crippen molar-refractivity contribution in [3.8, 4) is 5.75 Å². The number of thiazole rings is 1. The van der Waals surface area contributed by atoms with Crippen LogP contribution in [0.15, 0.2) is 60.8 Å². The summed E-state index contributed by atoms with van der Waals surface area (Å²) < 4.78 is 6.30. The summed E-state index contributed by atoms with van der Waals surface area (Å²) in [5.74, 6) is 0.649. The number of benzene rings is 2. The highest BCUT2D eigenvalue weighted by Gasteiger charge is 2.22. The van der Waals surface area contributed by atoms with E-state index < -0.39 is 0 Å². The smallest absolute Gasteiger partial charge is 0.260 e. The fourth-order valence-corrected chi connectivity index (χ4v) is 3.99. The molecule has 0 aliphatic heterocycles. The third kappa shape index (κ3) is 3.98. The van der Waals surface area contributed by atoms with Gasteiger partial charge in [-0.1, -0.05) is 23.5 Å². The number of nitrogens with zero attached hydrogens (tertiary/aromatic N) is 3. The van der Waals surface area contributed by atoms with Crippen molar-refractivity contribution in [3.63, 3.8) is 0 Å². The number of ether oxygens (including phenoxy) is 1. The normalized spacial score (nSPS) is 10.9. The summed E-state index contributed by atoms with van der Waals surface area (Å²) in [6.07, 6.45) is 1.73. The van der Waals surface area contributed by atoms with Crippen LogP contribution in [0.3, 0.4) is 0 Å². The lowest BCUT2D eigenvalue weighted by Gasteiger charge is -2.20. The first-order valence-electron chi connectivity index (χ1n) is 9.29. The number of pyridine rings is 1. The molecule has 4 rings (SSSR count). The molecular weight excluding hydrogens is 382 g/mol. The van der Waals surface area contributed by atoms with Gasteiger partial charge in [0.15, 0.2) is 5.13 Å². The first-order valence-corrected chi connectivity index (χ1v) is 10.1. The van der Waals surface area contributed by atoms with Crippen LogP contribution >= 0.6 is 11.3 Å². The largest absolute Gasteiger partial charge is 0.497 e. The van der Waals surface area contributed by atoms with Gasteiger partial charge >= 0.3 is 0 Å². The minimum Gasteiger partial charge on any atom is -0.497 e. The van der Waals surface area contributed by atoms with Crippen molar-refractivity contribution in [1.29, 1.82) is 0 Å². The molecule has 0 saturated carbocycles. The van der Waals surface area contributed by atoms with Crippen molar-refractivity contribution in [2.24, 2.45) is 0 Å². The van der Waals surface area contributed by atoms with Gasteiger partial charge in [0.05, 0.1) is 29.6 Å². The summed E-state index contributed by atoms with van der Waals surface area (Å²) >= 11 is 1.48. The van der Waals surface area contributed by atoms with Crippen molar-refractivity contribution in [2.75, 3.05) is 12.0 Å². The number of amides is 1. The SMILES string of the molecule is COc1ccc2sc(N(Cc3ccccn3)C(=O)c3ccc(C)c(C)c3)nc2c1. The first-order chi connectivity index (χ1) is 14.0. The Morgan fingerprint density at radius 2 is 1.93 bits per heavy atom. The predicted octanol–water partition coefficient (Wildman–Crippen LogP) is 5.16. The monoisotopic (exact) mass is 403 g/mol. The maximum atomic E-state index is 13.5. The van der Waals surface area contributed by atoms with Crippen LogP contribution in [0, 0.1) is 13.8 Å². The lowest BCUT2D eigenvalue weighted by atomic mass is 10.1. The number of fused-ring (bicyclic) bond motifs is 1. The molecule has 0 spiro atoms. The van der Waals surface area contributed by atoms with Gasteiger partial charge in [-0.15, -0.1) is 0 Å². The van der Waals surface area contributed by atoms with Crippen LogP contribution in [-0.2, 0) is 6.54 Å². The quantitative estimate of drug-likeness (QED) is 0.462. The van der Waals surface area contributed by atoms with E-state index in [4.69, 9.17) is 9.72 Å². The number of hydrogen-bond acceptors (Lipinski definition) is 5. The molecule has 0 atom stereocenters. The highest BCUT2D eigenvalue weighted by Crippen LogP contribution is 2.32. The van der Waals surface area contributed by atoms with E-state index in [-0.39, 0.29) is 5.91 Å². The number of carbonyl (C=O) groups excluding carboxylic acids is 1. The summed E-state index contributed by atoms with van der Waals surface area (Å²) in [7, 11) is 1.63. The summed E-state index contributed by atoms with van der Waals surface area (Å²) in [5.41, 5.74) is 4.50. The van der Waals surface area contributed by atoms with Gasteiger partial charge in [0, 0.05) is 17.8 Å². The molecule has 0 saturated heterocycles. The summed E-state index contributed by atoms with van der Waals surface area (Å²) in [4.78, 5) is 24.3. The minimum absolute atomic E-state index is 0.0928. The van der Waals surface area contributed by atoms with E-state index in [1.54, 1.807) is 18.2 Å². The number of rotatable bonds is 5. The van der Waals surface area contributed by atoms with Crippen LogP contribution < -0.4 is 9.64 Å². The van der Waals surface area contributed by atoms with Gasteiger partial charge in [-0.25, -0.2) is 4.98 Å². The predicted molar refractivity (Wildman–Crippen MR) is 117 cm³/mol. The second kappa shape index (κ2) is 8.01. The number of hydrogen-bond donors (Lipinski definition) is 0. The molecule has 4 aromatic rings. The molecule has 0 bridgehead atoms. The summed E-state index contributed by atoms with van der Waals surface area (Å²) in [5, 5.41) is 0.641. The lowest BCUT2D eigenvalue weighted by Crippen LogP contribution is -2.30. The van der Waals surface area contributed by atoms with Crippen LogP contribution in [-0.4, -0.2) is 23.0 Å². The second-order valence-electron chi connectivity index (χ2n) is 6.84. The Kier molecular flexibility index (Phi) is 5.27. The molecule has 0 aliphatic carbocycles. The fraction of sp³-hybridized carbons (Fsp3) is 0.174. The number of anilines is 1. The zero-order valence-electron chi connectivity index (χ0n) is 16.5. The third-order valence-corrected chi connectivity index (χ3v) is 5.92. The maximum absolute atomic E-state index is 13.5. The van der Waals surface area contributed by atoms with Gasteiger partial charge < -0.3 is 4.74 Å². The molecule has 0 aliphatic rings. The Morgan fingerprint density at radius 1 is 1.07 bits per heavy atom. The number of methoxy groups -OCH3 is 1. The van der Waals surface area contributed by atoms with Gasteiger partial charge in [-0.05, 0) is 61.4 Å². The van der Waals surface area contributed by atoms with Gasteiger partial charge in [0.2, 0.25) is 0 Å². The van der Waals surface area contributed by atoms with Crippen molar-refractivity contribution in [2.45, 2.75) is 20.4 Å². The van der Waals surface area contributed by atoms with E-state index in [2.05, 4.69) is 4.98 Å². The molecule has 146 valence electrons. The topological polar surface area (TPSA) is 55.3 Å². The second-order valence-corrected chi connectivity index (χ2v) is 7.85. The first kappa shape index (κ1) is 19.1. The van der Waals surface area contributed by atoms with Crippen LogP contribution in [0.25, 0.3) is 10.2 Å². The fourth-order valence-electron chi connectivity index (χ4n) is 3.05. The standard InChI is InChI=1S/C23H21N3O2S/c1-15-7-8-17(12-16(15)2)22(27)26(14-18-6-4-5-11-24-18)23-25-20-13-19(28-3)9-10-21(20)29-23/h4-13H,14H2,1-3H3. The molecular formula is C23H21N3O2S. The van der Waals surface area contributed by atoms with E-state index in [9.17, 15) is 4.79 Å². The Balaban J connectivity index is 1.77. The van der Waals surface area contributed by atoms with E-state index in [1.165, 1.54) is 11.3 Å². The lowest BCUT2D eigenvalue weighted by molar-refractivity contribution is 0.0984. The molecule has 6 heteroatoms. The van der Waals surface area contributed by atoms with Crippen molar-refractivity contribution < 1.29 is 9.53 Å². The molecule has 5 nitrogen and oxygen atoms in total. The molecule has 2 aromatic heterocycles. The van der Waals surface area contributed by atoms with Crippen LogP contribution in [0.5, 0.6) is 5.75 Å². The highest BCUT2D eigenvalue weighted by molar-refractivity contribution is 7.22. The molecule has 29 heavy (non-hydrogen) atoms. The van der Waals surface area contributed by atoms with E-state index in [0.29, 0.717) is 17.2 Å². The number of aryl methyl sites for hydroxylation is 2. The average molecular weight is 404 g/mol. The summed E-state index contributed by atoms with van der Waals surface area (Å²) in [6, 6.07) is 17.2. The molecule has 1 amide bonds. The average Bonchev–Trinajstić information content (AvgIpc) is 3.17. The van der Waals surface area contributed by atoms with Crippen molar-refractivity contribution in [3.05, 3.63) is 83.2 Å². The number of aromatic nitrogens is 2. The zero-order chi connectivity index (χ0) is 20.4. The Hall–Kier alpha value is -3.25. The Morgan fingerprint density at radius 3 is 2.66 bits per heavy atom. The molecule has 0 unspecified atom stereocenters. The Labute approximate surface area is 173 Å². The van der Waals surface area contributed by atoms with Crippen molar-refractivity contribution >= 4 is 32.6 Å². The van der Waals surface area contributed by atoms with Gasteiger partial charge in [0.1, 0.15) is 5.75 Å². The number of carbonyl (C=O) groups is 1. The molecule has 0 fully saturated rings. The zero-order valence-corrected chi connectivity index (χ0v) is 17.4. The minimum atomic E-state index is -0.0928. The molecule has 2 aromatic carbocycles. The molecule has 2 heterocycles. The third-order valence-electron chi connectivity index (χ3n) is 4.86. The van der Waals surface area contributed by atoms with Crippen LogP contribution in [0.1, 0.15) is 27.2 Å². The van der Waals surface area contributed by atoms with E-state index in [1.807, 2.05) is 68.4 Å². The van der Waals surface area contributed by atoms with Crippen LogP contribution in [0.2, 0.25) is 0 Å². The van der Waals surface area contributed by atoms with Gasteiger partial charge in [0.25, 0.3) is 5.91 Å². The van der Waals surface area contributed by atoms with E-state index in [0.717, 1.165) is 32.8 Å². The van der Waals surface area contributed by atoms with Crippen molar-refractivity contribution in [1.82, 2.24) is 9.97 Å². The van der Waals surface area contributed by atoms with Gasteiger partial charge in [-0.3, -0.25) is 14.7 Å². The maximum Gasteiger partial charge on any atom is 0.260 e. The molecule has 0 radical (unpaired) electrons. The summed E-state index contributed by atoms with van der Waals surface area (Å²) in [6.45, 7) is 4.40. The molecule has 0 N–H and O–H groups in total. The highest BCUT2D eigenvalue weighted by atomic mass is 32.1. The van der Waals surface area contributed by atoms with Crippen LogP contribution in [0.4, 0.5) is 5.13 Å².